The number of phenolic OH excluding ortho intramolecular Hbond substituents is 1. The Morgan fingerprint density at radius 3 is 2.40 bits per heavy atom. The minimum Gasteiger partial charge on any atom is -0.507 e. The molecule has 4 rings (SSSR count). The zero-order chi connectivity index (χ0) is 25.3. The van der Waals surface area contributed by atoms with Gasteiger partial charge in [0.15, 0.2) is 0 Å². The van der Waals surface area contributed by atoms with Gasteiger partial charge in [-0.3, -0.25) is 14.5 Å². The highest BCUT2D eigenvalue weighted by molar-refractivity contribution is 6.51. The molecule has 2 N–H and O–H groups in total. The van der Waals surface area contributed by atoms with Crippen LogP contribution in [-0.2, 0) is 9.59 Å². The van der Waals surface area contributed by atoms with Gasteiger partial charge in [0.05, 0.1) is 23.9 Å². The summed E-state index contributed by atoms with van der Waals surface area (Å²) in [5.74, 6) is -0.966. The zero-order valence-electron chi connectivity index (χ0n) is 20.3. The van der Waals surface area contributed by atoms with Crippen LogP contribution in [0.4, 0.5) is 5.69 Å². The molecule has 3 aromatic rings. The fourth-order valence-corrected chi connectivity index (χ4v) is 4.28. The van der Waals surface area contributed by atoms with Crippen LogP contribution in [0.3, 0.4) is 0 Å². The Labute approximate surface area is 205 Å². The molecule has 6 nitrogen and oxygen atoms in total. The largest absolute Gasteiger partial charge is 0.507 e. The fourth-order valence-electron chi connectivity index (χ4n) is 4.28. The highest BCUT2D eigenvalue weighted by atomic mass is 16.5. The lowest BCUT2D eigenvalue weighted by molar-refractivity contribution is -0.132. The van der Waals surface area contributed by atoms with E-state index >= 15 is 0 Å². The molecule has 35 heavy (non-hydrogen) atoms. The van der Waals surface area contributed by atoms with Crippen molar-refractivity contribution in [3.8, 4) is 11.5 Å². The van der Waals surface area contributed by atoms with Gasteiger partial charge in [-0.25, -0.2) is 0 Å². The summed E-state index contributed by atoms with van der Waals surface area (Å²) >= 11 is 0. The second kappa shape index (κ2) is 9.66. The van der Waals surface area contributed by atoms with Gasteiger partial charge >= 0.3 is 0 Å². The Balaban J connectivity index is 1.87. The lowest BCUT2D eigenvalue weighted by Gasteiger charge is -2.26. The molecule has 1 heterocycles. The number of aliphatic hydroxyl groups excluding tert-OH is 1. The maximum Gasteiger partial charge on any atom is 0.300 e. The SMILES string of the molecule is Cc1cccc(C2/C(=C(/O)c3ccc(OCC(C)C)c(C)c3)C(=O)C(=O)N2c2ccccc2O)c1. The van der Waals surface area contributed by atoms with Crippen LogP contribution in [-0.4, -0.2) is 28.5 Å². The Kier molecular flexibility index (Phi) is 6.65. The summed E-state index contributed by atoms with van der Waals surface area (Å²) < 4.78 is 5.83. The van der Waals surface area contributed by atoms with Crippen molar-refractivity contribution in [3.05, 3.63) is 94.6 Å². The Morgan fingerprint density at radius 1 is 1.00 bits per heavy atom. The highest BCUT2D eigenvalue weighted by Gasteiger charge is 2.47. The molecule has 6 heteroatoms. The summed E-state index contributed by atoms with van der Waals surface area (Å²) in [4.78, 5) is 27.8. The average molecular weight is 472 g/mol. The van der Waals surface area contributed by atoms with Crippen LogP contribution >= 0.6 is 0 Å². The number of carbonyl (C=O) groups excluding carboxylic acids is 2. The zero-order valence-corrected chi connectivity index (χ0v) is 20.3. The van der Waals surface area contributed by atoms with Crippen molar-refractivity contribution in [1.29, 1.82) is 0 Å². The molecular formula is C29H29NO5. The van der Waals surface area contributed by atoms with E-state index < -0.39 is 17.7 Å². The summed E-state index contributed by atoms with van der Waals surface area (Å²) in [7, 11) is 0. The van der Waals surface area contributed by atoms with E-state index in [-0.39, 0.29) is 22.8 Å². The quantitative estimate of drug-likeness (QED) is 0.275. The normalized spacial score (nSPS) is 17.3. The molecule has 1 saturated heterocycles. The molecule has 1 aliphatic rings. The number of hydrogen-bond donors (Lipinski definition) is 2. The van der Waals surface area contributed by atoms with Crippen molar-refractivity contribution in [2.24, 2.45) is 5.92 Å². The van der Waals surface area contributed by atoms with Crippen LogP contribution in [0.2, 0.25) is 0 Å². The van der Waals surface area contributed by atoms with E-state index in [4.69, 9.17) is 4.74 Å². The fraction of sp³-hybridized carbons (Fsp3) is 0.241. The van der Waals surface area contributed by atoms with E-state index in [1.165, 1.54) is 11.0 Å². The van der Waals surface area contributed by atoms with Crippen LogP contribution < -0.4 is 9.64 Å². The number of nitrogens with zero attached hydrogens (tertiary/aromatic N) is 1. The number of aryl methyl sites for hydroxylation is 2. The topological polar surface area (TPSA) is 87.1 Å². The maximum atomic E-state index is 13.3. The molecule has 1 aliphatic heterocycles. The summed E-state index contributed by atoms with van der Waals surface area (Å²) in [5.41, 5.74) is 2.98. The van der Waals surface area contributed by atoms with Crippen LogP contribution in [0.25, 0.3) is 5.76 Å². The number of ketones is 1. The van der Waals surface area contributed by atoms with Crippen molar-refractivity contribution in [3.63, 3.8) is 0 Å². The van der Waals surface area contributed by atoms with E-state index in [9.17, 15) is 19.8 Å². The number of carbonyl (C=O) groups is 2. The summed E-state index contributed by atoms with van der Waals surface area (Å²) in [6, 6.07) is 18.1. The van der Waals surface area contributed by atoms with Crippen LogP contribution in [0.1, 0.15) is 42.1 Å². The maximum absolute atomic E-state index is 13.3. The molecule has 1 unspecified atom stereocenters. The molecule has 0 spiro atoms. The van der Waals surface area contributed by atoms with E-state index in [0.29, 0.717) is 29.4 Å². The van der Waals surface area contributed by atoms with Gasteiger partial charge in [0.1, 0.15) is 17.3 Å². The lowest BCUT2D eigenvalue weighted by Crippen LogP contribution is -2.29. The standard InChI is InChI=1S/C29H29NO5/c1-17(2)16-35-24-13-12-21(15-19(24)4)27(32)25-26(20-9-7-8-18(3)14-20)30(29(34)28(25)33)22-10-5-6-11-23(22)31/h5-15,17,26,31-32H,16H2,1-4H3/b27-25-. The first-order chi connectivity index (χ1) is 16.7. The number of benzene rings is 3. The lowest BCUT2D eigenvalue weighted by atomic mass is 9.93. The third kappa shape index (κ3) is 4.64. The van der Waals surface area contributed by atoms with Crippen molar-refractivity contribution in [2.75, 3.05) is 11.5 Å². The Hall–Kier alpha value is -4.06. The van der Waals surface area contributed by atoms with Gasteiger partial charge in [0.25, 0.3) is 11.7 Å². The summed E-state index contributed by atoms with van der Waals surface area (Å²) in [5, 5.41) is 21.8. The van der Waals surface area contributed by atoms with Gasteiger partial charge in [-0.2, -0.15) is 0 Å². The monoisotopic (exact) mass is 471 g/mol. The molecule has 0 aromatic heterocycles. The number of hydrogen-bond acceptors (Lipinski definition) is 5. The predicted molar refractivity (Wildman–Crippen MR) is 136 cm³/mol. The third-order valence-corrected chi connectivity index (χ3v) is 5.96. The molecule has 0 bridgehead atoms. The van der Waals surface area contributed by atoms with Gasteiger partial charge in [-0.1, -0.05) is 55.8 Å². The number of aliphatic hydroxyl groups is 1. The number of rotatable bonds is 6. The first-order valence-electron chi connectivity index (χ1n) is 11.6. The van der Waals surface area contributed by atoms with Gasteiger partial charge < -0.3 is 14.9 Å². The molecule has 0 saturated carbocycles. The highest BCUT2D eigenvalue weighted by Crippen LogP contribution is 2.44. The van der Waals surface area contributed by atoms with Crippen molar-refractivity contribution >= 4 is 23.1 Å². The molecule has 180 valence electrons. The summed E-state index contributed by atoms with van der Waals surface area (Å²) in [6.45, 7) is 8.46. The molecule has 1 fully saturated rings. The molecule has 1 amide bonds. The number of ether oxygens (including phenoxy) is 1. The number of Topliss-reactive ketones (excluding diaryl/α,β-unsaturated/α-hetero) is 1. The summed E-state index contributed by atoms with van der Waals surface area (Å²) in [6.07, 6.45) is 0. The van der Waals surface area contributed by atoms with Crippen LogP contribution in [0.15, 0.2) is 72.3 Å². The van der Waals surface area contributed by atoms with Gasteiger partial charge in [0.2, 0.25) is 0 Å². The molecule has 1 atom stereocenters. The minimum atomic E-state index is -0.902. The van der Waals surface area contributed by atoms with Crippen molar-refractivity contribution in [2.45, 2.75) is 33.7 Å². The minimum absolute atomic E-state index is 0.0286. The van der Waals surface area contributed by atoms with Crippen molar-refractivity contribution in [1.82, 2.24) is 0 Å². The number of para-hydroxylation sites is 2. The smallest absolute Gasteiger partial charge is 0.300 e. The van der Waals surface area contributed by atoms with Gasteiger partial charge in [0, 0.05) is 5.56 Å². The van der Waals surface area contributed by atoms with Crippen LogP contribution in [0.5, 0.6) is 11.5 Å². The first kappa shape index (κ1) is 24.1. The van der Waals surface area contributed by atoms with E-state index in [1.807, 2.05) is 32.0 Å². The van der Waals surface area contributed by atoms with Crippen LogP contribution in [0, 0.1) is 19.8 Å². The predicted octanol–water partition coefficient (Wildman–Crippen LogP) is 5.67. The number of aromatic hydroxyl groups is 1. The number of anilines is 1. The van der Waals surface area contributed by atoms with E-state index in [2.05, 4.69) is 13.8 Å². The first-order valence-corrected chi connectivity index (χ1v) is 11.6. The van der Waals surface area contributed by atoms with Gasteiger partial charge in [-0.15, -0.1) is 0 Å². The third-order valence-electron chi connectivity index (χ3n) is 5.96. The van der Waals surface area contributed by atoms with E-state index in [1.54, 1.807) is 42.5 Å². The average Bonchev–Trinajstić information content (AvgIpc) is 3.08. The van der Waals surface area contributed by atoms with Crippen molar-refractivity contribution < 1.29 is 24.5 Å². The van der Waals surface area contributed by atoms with Gasteiger partial charge in [-0.05, 0) is 61.2 Å². The Bertz CT molecular complexity index is 1320. The van der Waals surface area contributed by atoms with E-state index in [0.717, 1.165) is 11.1 Å². The molecule has 0 radical (unpaired) electrons. The second-order valence-corrected chi connectivity index (χ2v) is 9.26. The molecular weight excluding hydrogens is 442 g/mol. The number of amides is 1. The molecule has 3 aromatic carbocycles. The molecule has 0 aliphatic carbocycles. The second-order valence-electron chi connectivity index (χ2n) is 9.26. The number of phenols is 1. The Morgan fingerprint density at radius 2 is 1.74 bits per heavy atom.